The molecule has 23 heavy (non-hydrogen) atoms. The summed E-state index contributed by atoms with van der Waals surface area (Å²) in [5, 5.41) is 2.69. The molecule has 0 aliphatic rings. The molecule has 0 fully saturated rings. The number of amides is 1. The van der Waals surface area contributed by atoms with Crippen molar-refractivity contribution in [2.45, 2.75) is 0 Å². The number of para-hydroxylation sites is 1. The van der Waals surface area contributed by atoms with Gasteiger partial charge < -0.3 is 19.5 Å². The Morgan fingerprint density at radius 3 is 2.57 bits per heavy atom. The molecule has 2 aromatic rings. The van der Waals surface area contributed by atoms with Gasteiger partial charge in [0.25, 0.3) is 5.91 Å². The zero-order chi connectivity index (χ0) is 16.7. The molecule has 0 saturated carbocycles. The molecule has 2 aromatic carbocycles. The zero-order valence-corrected chi connectivity index (χ0v) is 12.9. The first-order chi connectivity index (χ1) is 11.1. The van der Waals surface area contributed by atoms with E-state index < -0.39 is 5.97 Å². The van der Waals surface area contributed by atoms with Gasteiger partial charge in [-0.25, -0.2) is 4.79 Å². The summed E-state index contributed by atoms with van der Waals surface area (Å²) in [6.45, 7) is -0.231. The van der Waals surface area contributed by atoms with Crippen LogP contribution in [0.25, 0.3) is 0 Å². The summed E-state index contributed by atoms with van der Waals surface area (Å²) >= 11 is 0. The summed E-state index contributed by atoms with van der Waals surface area (Å²) < 4.78 is 15.2. The molecular formula is C17H17NO5. The van der Waals surface area contributed by atoms with Crippen LogP contribution < -0.4 is 14.8 Å². The number of nitrogens with one attached hydrogen (secondary N) is 1. The van der Waals surface area contributed by atoms with E-state index >= 15 is 0 Å². The maximum atomic E-state index is 11.9. The second-order valence-electron chi connectivity index (χ2n) is 4.56. The van der Waals surface area contributed by atoms with Crippen LogP contribution >= 0.6 is 0 Å². The number of benzene rings is 2. The van der Waals surface area contributed by atoms with Crippen LogP contribution in [0, 0.1) is 0 Å². The van der Waals surface area contributed by atoms with Gasteiger partial charge >= 0.3 is 5.97 Å². The zero-order valence-electron chi connectivity index (χ0n) is 12.9. The predicted octanol–water partition coefficient (Wildman–Crippen LogP) is 2.50. The van der Waals surface area contributed by atoms with Gasteiger partial charge in [0.1, 0.15) is 17.1 Å². The van der Waals surface area contributed by atoms with E-state index in [1.54, 1.807) is 55.6 Å². The highest BCUT2D eigenvalue weighted by atomic mass is 16.5. The Hall–Kier alpha value is -3.02. The fourth-order valence-corrected chi connectivity index (χ4v) is 1.91. The number of hydrogen-bond donors (Lipinski definition) is 1. The Morgan fingerprint density at radius 2 is 1.83 bits per heavy atom. The molecule has 0 aliphatic carbocycles. The third-order valence-electron chi connectivity index (χ3n) is 3.00. The monoisotopic (exact) mass is 315 g/mol. The van der Waals surface area contributed by atoms with E-state index in [0.29, 0.717) is 17.2 Å². The summed E-state index contributed by atoms with van der Waals surface area (Å²) in [5.74, 6) is 0.0617. The molecule has 0 saturated heterocycles. The van der Waals surface area contributed by atoms with Crippen LogP contribution in [0.4, 0.5) is 5.69 Å². The van der Waals surface area contributed by atoms with Crippen molar-refractivity contribution >= 4 is 17.6 Å². The van der Waals surface area contributed by atoms with Crippen molar-refractivity contribution in [3.05, 3.63) is 54.1 Å². The minimum atomic E-state index is -0.520. The summed E-state index contributed by atoms with van der Waals surface area (Å²) in [6, 6.07) is 13.5. The first-order valence-electron chi connectivity index (χ1n) is 6.88. The Morgan fingerprint density at radius 1 is 1.04 bits per heavy atom. The van der Waals surface area contributed by atoms with Gasteiger partial charge in [-0.15, -0.1) is 0 Å². The summed E-state index contributed by atoms with van der Waals surface area (Å²) in [6.07, 6.45) is 0. The summed E-state index contributed by atoms with van der Waals surface area (Å²) in [5.41, 5.74) is 0.864. The van der Waals surface area contributed by atoms with E-state index in [1.807, 2.05) is 0 Å². The first kappa shape index (κ1) is 16.4. The molecule has 1 amide bonds. The van der Waals surface area contributed by atoms with Gasteiger partial charge in [0.2, 0.25) is 0 Å². The molecular weight excluding hydrogens is 298 g/mol. The predicted molar refractivity (Wildman–Crippen MR) is 84.9 cm³/mol. The number of carbonyl (C=O) groups excluding carboxylic acids is 2. The molecule has 6 nitrogen and oxygen atoms in total. The number of esters is 1. The maximum Gasteiger partial charge on any atom is 0.341 e. The van der Waals surface area contributed by atoms with E-state index in [4.69, 9.17) is 9.47 Å². The van der Waals surface area contributed by atoms with Crippen LogP contribution in [0.3, 0.4) is 0 Å². The van der Waals surface area contributed by atoms with Crippen LogP contribution in [0.15, 0.2) is 48.5 Å². The van der Waals surface area contributed by atoms with E-state index in [9.17, 15) is 9.59 Å². The van der Waals surface area contributed by atoms with Gasteiger partial charge in [-0.3, -0.25) is 4.79 Å². The van der Waals surface area contributed by atoms with Crippen LogP contribution in [-0.2, 0) is 9.53 Å². The molecule has 0 unspecified atom stereocenters. The number of methoxy groups -OCH3 is 2. The van der Waals surface area contributed by atoms with Crippen molar-refractivity contribution in [3.8, 4) is 11.5 Å². The first-order valence-corrected chi connectivity index (χ1v) is 6.88. The number of rotatable bonds is 6. The number of ether oxygens (including phenoxy) is 3. The highest BCUT2D eigenvalue weighted by Gasteiger charge is 2.13. The Balaban J connectivity index is 1.98. The third kappa shape index (κ3) is 4.47. The highest BCUT2D eigenvalue weighted by molar-refractivity contribution is 5.94. The third-order valence-corrected chi connectivity index (χ3v) is 3.00. The molecule has 0 atom stereocenters. The standard InChI is InChI=1S/C17H17NO5/c1-21-13-7-5-6-12(10-13)18-16(19)11-23-15-9-4-3-8-14(15)17(20)22-2/h3-10H,11H2,1-2H3,(H,18,19). The second-order valence-corrected chi connectivity index (χ2v) is 4.56. The normalized spacial score (nSPS) is 9.83. The minimum Gasteiger partial charge on any atom is -0.497 e. The van der Waals surface area contributed by atoms with Crippen molar-refractivity contribution in [2.75, 3.05) is 26.1 Å². The van der Waals surface area contributed by atoms with Crippen molar-refractivity contribution in [3.63, 3.8) is 0 Å². The lowest BCUT2D eigenvalue weighted by molar-refractivity contribution is -0.118. The SMILES string of the molecule is COC(=O)c1ccccc1OCC(=O)Nc1cccc(OC)c1. The van der Waals surface area contributed by atoms with Crippen LogP contribution in [-0.4, -0.2) is 32.7 Å². The maximum absolute atomic E-state index is 11.9. The topological polar surface area (TPSA) is 73.9 Å². The van der Waals surface area contributed by atoms with Gasteiger partial charge in [0.15, 0.2) is 6.61 Å². The Bertz CT molecular complexity index is 699. The fraction of sp³-hybridized carbons (Fsp3) is 0.176. The molecule has 0 aliphatic heterocycles. The number of hydrogen-bond acceptors (Lipinski definition) is 5. The van der Waals surface area contributed by atoms with Gasteiger partial charge in [-0.05, 0) is 24.3 Å². The Kier molecular flexibility index (Phi) is 5.57. The van der Waals surface area contributed by atoms with E-state index in [1.165, 1.54) is 7.11 Å². The summed E-state index contributed by atoms with van der Waals surface area (Å²) in [7, 11) is 2.84. The van der Waals surface area contributed by atoms with Gasteiger partial charge in [-0.2, -0.15) is 0 Å². The van der Waals surface area contributed by atoms with Crippen molar-refractivity contribution in [1.82, 2.24) is 0 Å². The highest BCUT2D eigenvalue weighted by Crippen LogP contribution is 2.19. The van der Waals surface area contributed by atoms with Crippen LogP contribution in [0.1, 0.15) is 10.4 Å². The van der Waals surface area contributed by atoms with Gasteiger partial charge in [-0.1, -0.05) is 18.2 Å². The molecule has 1 N–H and O–H groups in total. The lowest BCUT2D eigenvalue weighted by atomic mass is 10.2. The van der Waals surface area contributed by atoms with Gasteiger partial charge in [0, 0.05) is 11.8 Å². The van der Waals surface area contributed by atoms with Crippen molar-refractivity contribution in [1.29, 1.82) is 0 Å². The van der Waals surface area contributed by atoms with E-state index in [2.05, 4.69) is 10.1 Å². The van der Waals surface area contributed by atoms with E-state index in [-0.39, 0.29) is 18.1 Å². The molecule has 6 heteroatoms. The largest absolute Gasteiger partial charge is 0.497 e. The quantitative estimate of drug-likeness (QED) is 0.829. The second kappa shape index (κ2) is 7.84. The van der Waals surface area contributed by atoms with E-state index in [0.717, 1.165) is 0 Å². The average Bonchev–Trinajstić information content (AvgIpc) is 2.59. The molecule has 0 aromatic heterocycles. The lowest BCUT2D eigenvalue weighted by Crippen LogP contribution is -2.21. The van der Waals surface area contributed by atoms with Gasteiger partial charge in [0.05, 0.1) is 14.2 Å². The van der Waals surface area contributed by atoms with Crippen LogP contribution in [0.5, 0.6) is 11.5 Å². The minimum absolute atomic E-state index is 0.231. The smallest absolute Gasteiger partial charge is 0.341 e. The lowest BCUT2D eigenvalue weighted by Gasteiger charge is -2.11. The molecule has 120 valence electrons. The molecule has 2 rings (SSSR count). The molecule has 0 spiro atoms. The molecule has 0 radical (unpaired) electrons. The number of carbonyl (C=O) groups is 2. The van der Waals surface area contributed by atoms with Crippen molar-refractivity contribution in [2.24, 2.45) is 0 Å². The number of anilines is 1. The van der Waals surface area contributed by atoms with Crippen LogP contribution in [0.2, 0.25) is 0 Å². The Labute approximate surface area is 134 Å². The molecule has 0 bridgehead atoms. The van der Waals surface area contributed by atoms with Crippen molar-refractivity contribution < 1.29 is 23.8 Å². The molecule has 0 heterocycles. The average molecular weight is 315 g/mol. The fourth-order valence-electron chi connectivity index (χ4n) is 1.91. The summed E-state index contributed by atoms with van der Waals surface area (Å²) in [4.78, 5) is 23.6.